The van der Waals surface area contributed by atoms with Crippen molar-refractivity contribution >= 4 is 0 Å². The molecule has 4 fully saturated rings. The molecule has 0 aromatic carbocycles. The van der Waals surface area contributed by atoms with Gasteiger partial charge in [-0.05, 0) is 128 Å². The van der Waals surface area contributed by atoms with E-state index < -0.39 is 54.7 Å². The van der Waals surface area contributed by atoms with Crippen molar-refractivity contribution in [1.82, 2.24) is 0 Å². The molecule has 0 heterocycles. The summed E-state index contributed by atoms with van der Waals surface area (Å²) in [6, 6.07) is 0. The van der Waals surface area contributed by atoms with Crippen molar-refractivity contribution < 1.29 is 55.4 Å². The summed E-state index contributed by atoms with van der Waals surface area (Å²) in [5.74, 6) is -3.56. The van der Waals surface area contributed by atoms with Crippen molar-refractivity contribution in [2.75, 3.05) is 0 Å². The quantitative estimate of drug-likeness (QED) is 0.242. The fourth-order valence-corrected chi connectivity index (χ4v) is 9.60. The highest BCUT2D eigenvalue weighted by Gasteiger charge is 2.49. The summed E-state index contributed by atoms with van der Waals surface area (Å²) in [5, 5.41) is 0. The lowest BCUT2D eigenvalue weighted by atomic mass is 9.73. The highest BCUT2D eigenvalue weighted by molar-refractivity contribution is 4.85. The van der Waals surface area contributed by atoms with E-state index in [9.17, 15) is 52.7 Å². The average molecular weight is 981 g/mol. The lowest BCUT2D eigenvalue weighted by Gasteiger charge is -2.35. The third-order valence-electron chi connectivity index (χ3n) is 13.9. The van der Waals surface area contributed by atoms with Gasteiger partial charge >= 0.3 is 24.7 Å². The van der Waals surface area contributed by atoms with Crippen LogP contribution >= 0.6 is 0 Å². The van der Waals surface area contributed by atoms with E-state index in [0.29, 0.717) is 42.9 Å². The smallest absolute Gasteiger partial charge is 0.171 e. The summed E-state index contributed by atoms with van der Waals surface area (Å²) in [6.07, 6.45) is -5.93. The maximum Gasteiger partial charge on any atom is 0.392 e. The predicted molar refractivity (Wildman–Crippen MR) is 256 cm³/mol. The fourth-order valence-electron chi connectivity index (χ4n) is 9.60. The van der Waals surface area contributed by atoms with Gasteiger partial charge in [0.05, 0.1) is 23.7 Å². The van der Waals surface area contributed by atoms with E-state index >= 15 is 0 Å². The summed E-state index contributed by atoms with van der Waals surface area (Å²) in [4.78, 5) is 0. The molecule has 12 heteroatoms. The fraction of sp³-hybridized carbons (Fsp3) is 1.00. The van der Waals surface area contributed by atoms with E-state index in [1.165, 1.54) is 25.7 Å². The maximum atomic E-state index is 12.4. The van der Waals surface area contributed by atoms with Gasteiger partial charge in [-0.3, -0.25) is 0 Å². The Balaban J connectivity index is -0.000000733. The lowest BCUT2D eigenvalue weighted by Crippen LogP contribution is -2.35. The molecule has 8 unspecified atom stereocenters. The van der Waals surface area contributed by atoms with Gasteiger partial charge in [0.1, 0.15) is 0 Å². The van der Waals surface area contributed by atoms with Crippen LogP contribution in [0.25, 0.3) is 0 Å². The first-order valence-electron chi connectivity index (χ1n) is 26.3. The molecule has 4 aliphatic carbocycles. The minimum Gasteiger partial charge on any atom is -0.171 e. The van der Waals surface area contributed by atoms with Crippen LogP contribution in [0, 0.1) is 87.3 Å². The highest BCUT2D eigenvalue weighted by atomic mass is 19.4. The Morgan fingerprint density at radius 2 is 0.712 bits per heavy atom. The summed E-state index contributed by atoms with van der Waals surface area (Å²) >= 11 is 0. The van der Waals surface area contributed by atoms with Crippen LogP contribution in [0.2, 0.25) is 0 Å². The topological polar surface area (TPSA) is 0 Å². The van der Waals surface area contributed by atoms with Crippen LogP contribution in [0.1, 0.15) is 237 Å². The molecule has 0 spiro atoms. The van der Waals surface area contributed by atoms with E-state index in [1.54, 1.807) is 27.7 Å². The second-order valence-corrected chi connectivity index (χ2v) is 24.5. The normalized spacial score (nSPS) is 31.4. The number of halogens is 12. The molecular weight excluding hydrogens is 877 g/mol. The van der Waals surface area contributed by atoms with Crippen LogP contribution in [0.15, 0.2) is 0 Å². The highest BCUT2D eigenvalue weighted by Crippen LogP contribution is 2.47. The van der Waals surface area contributed by atoms with Gasteiger partial charge < -0.3 is 0 Å². The van der Waals surface area contributed by atoms with E-state index in [1.807, 2.05) is 55.4 Å². The SMILES string of the molecule is CC1CC(C(F)(F)F)C[C@@H](C)C1.CC1CCC(C(F)(F)F)[C@@H]1C.CC1CCCC(C(F)(F)F)[C@@H]1C.CC1C[C@H](C)CC1C(F)(F)F.CCCC(C)(C)C.CCCC(C)(C)C.[2H]C([2H])(C)C(C)(C)C. The number of hydrogen-bond donors (Lipinski definition) is 0. The zero-order valence-corrected chi connectivity index (χ0v) is 45.4. The molecular formula is C54H102F12. The molecule has 4 saturated carbocycles. The molecule has 0 saturated heterocycles. The average Bonchev–Trinajstić information content (AvgIpc) is 3.63. The second kappa shape index (κ2) is 30.1. The molecule has 66 heavy (non-hydrogen) atoms. The number of hydrogen-bond acceptors (Lipinski definition) is 0. The third kappa shape index (κ3) is 33.7. The Bertz CT molecular complexity index is 1230. The minimum atomic E-state index is -3.98. The summed E-state index contributed by atoms with van der Waals surface area (Å²) in [6.45, 7) is 40.0. The molecule has 0 nitrogen and oxygen atoms in total. The molecule has 0 aromatic rings. The van der Waals surface area contributed by atoms with Crippen molar-refractivity contribution in [3.05, 3.63) is 0 Å². The van der Waals surface area contributed by atoms with E-state index in [4.69, 9.17) is 2.74 Å². The van der Waals surface area contributed by atoms with Gasteiger partial charge in [0, 0.05) is 2.74 Å². The van der Waals surface area contributed by atoms with Gasteiger partial charge in [-0.25, -0.2) is 0 Å². The van der Waals surface area contributed by atoms with Crippen LogP contribution in [0.5, 0.6) is 0 Å². The van der Waals surface area contributed by atoms with Gasteiger partial charge in [0.2, 0.25) is 0 Å². The van der Waals surface area contributed by atoms with Crippen molar-refractivity contribution in [3.8, 4) is 0 Å². The van der Waals surface area contributed by atoms with Gasteiger partial charge in [-0.2, -0.15) is 52.7 Å². The zero-order valence-electron chi connectivity index (χ0n) is 47.4. The van der Waals surface area contributed by atoms with Crippen molar-refractivity contribution in [3.63, 3.8) is 0 Å². The summed E-state index contributed by atoms with van der Waals surface area (Å²) in [7, 11) is 0. The molecule has 0 bridgehead atoms. The van der Waals surface area contributed by atoms with Crippen LogP contribution in [0.4, 0.5) is 52.7 Å². The zero-order chi connectivity index (χ0) is 54.8. The predicted octanol–water partition coefficient (Wildman–Crippen LogP) is 21.8. The molecule has 402 valence electrons. The standard InChI is InChI=1S/2C9H15F3.2C8H13F3.2C7H16.C6H14/c1-6-3-7(2)5-8(4-6)9(10,11)12;1-6-4-3-5-8(7(6)2)9(10,11)12;1-5-3-6(2)7(4-5)8(9,10)11;1-5-3-4-7(6(5)2)8(9,10)11;2*1-5-6-7(2,3)4;1-5-6(2,3)4/h2*6-8H,3-5H2,1-2H3;2*5-7H,3-4H2,1-2H3;2*5-6H2,1-4H3;5H2,1-4H3/t6-,7?,8?;6?,7-,8?;5-,6?,7?;5?,6-,7?;;;/m0101.../s1/i;;;;;;5D2. The molecule has 0 aromatic heterocycles. The van der Waals surface area contributed by atoms with Crippen LogP contribution in [-0.2, 0) is 0 Å². The van der Waals surface area contributed by atoms with E-state index in [-0.39, 0.29) is 52.8 Å². The Kier molecular flexibility index (Phi) is 29.8. The van der Waals surface area contributed by atoms with Gasteiger partial charge in [-0.1, -0.05) is 171 Å². The first kappa shape index (κ1) is 65.2. The molecule has 0 amide bonds. The molecule has 0 radical (unpaired) electrons. The van der Waals surface area contributed by atoms with Gasteiger partial charge in [0.25, 0.3) is 0 Å². The number of alkyl halides is 12. The molecule has 4 rings (SSSR count). The second-order valence-electron chi connectivity index (χ2n) is 24.5. The maximum absolute atomic E-state index is 12.4. The van der Waals surface area contributed by atoms with E-state index in [0.717, 1.165) is 32.1 Å². The van der Waals surface area contributed by atoms with Crippen LogP contribution in [0.3, 0.4) is 0 Å². The largest absolute Gasteiger partial charge is 0.392 e. The third-order valence-corrected chi connectivity index (χ3v) is 13.9. The van der Waals surface area contributed by atoms with Crippen LogP contribution in [-0.4, -0.2) is 24.7 Å². The minimum absolute atomic E-state index is 0.176. The van der Waals surface area contributed by atoms with Gasteiger partial charge in [0.15, 0.2) is 0 Å². The Morgan fingerprint density at radius 1 is 0.379 bits per heavy atom. The Morgan fingerprint density at radius 3 is 0.909 bits per heavy atom. The summed E-state index contributed by atoms with van der Waals surface area (Å²) < 4.78 is 162. The van der Waals surface area contributed by atoms with Crippen LogP contribution < -0.4 is 0 Å². The van der Waals surface area contributed by atoms with Crippen molar-refractivity contribution in [1.29, 1.82) is 0 Å². The molecule has 0 N–H and O–H groups in total. The van der Waals surface area contributed by atoms with Crippen molar-refractivity contribution in [2.24, 2.45) is 87.3 Å². The Labute approximate surface area is 401 Å². The van der Waals surface area contributed by atoms with E-state index in [2.05, 4.69) is 55.4 Å². The Hall–Kier alpha value is -0.840. The summed E-state index contributed by atoms with van der Waals surface area (Å²) in [5.41, 5.74) is 0.872. The molecule has 12 atom stereocenters. The molecule has 0 aliphatic heterocycles. The monoisotopic (exact) mass is 981 g/mol. The van der Waals surface area contributed by atoms with Crippen molar-refractivity contribution in [2.45, 2.75) is 259 Å². The molecule has 4 aliphatic rings. The number of rotatable bonds is 2. The lowest BCUT2D eigenvalue weighted by molar-refractivity contribution is -0.199. The first-order chi connectivity index (χ1) is 30.0. The first-order valence-corrected chi connectivity index (χ1v) is 25.3. The van der Waals surface area contributed by atoms with Gasteiger partial charge in [-0.15, -0.1) is 0 Å².